The maximum Gasteiger partial charge on any atom is 0.133 e. The van der Waals surface area contributed by atoms with E-state index in [1.54, 1.807) is 0 Å². The number of aryl methyl sites for hydroxylation is 1. The van der Waals surface area contributed by atoms with Crippen LogP contribution in [0.5, 0.6) is 0 Å². The molecule has 0 aromatic heterocycles. The van der Waals surface area contributed by atoms with Crippen molar-refractivity contribution < 1.29 is 13.9 Å². The van der Waals surface area contributed by atoms with Gasteiger partial charge in [0.15, 0.2) is 0 Å². The van der Waals surface area contributed by atoms with Gasteiger partial charge in [0.25, 0.3) is 0 Å². The summed E-state index contributed by atoms with van der Waals surface area (Å²) in [5, 5.41) is 9.11. The molecule has 3 rings (SSSR count). The van der Waals surface area contributed by atoms with Gasteiger partial charge in [-0.05, 0) is 48.2 Å². The first-order valence-electron chi connectivity index (χ1n) is 7.13. The Bertz CT molecular complexity index is 657. The maximum atomic E-state index is 13.9. The summed E-state index contributed by atoms with van der Waals surface area (Å²) in [5.74, 6) is -1.11. The Kier molecular flexibility index (Phi) is 3.88. The highest BCUT2D eigenvalue weighted by Gasteiger charge is 2.17. The number of halogens is 2. The van der Waals surface area contributed by atoms with Crippen molar-refractivity contribution in [1.29, 1.82) is 0 Å². The molecule has 21 heavy (non-hydrogen) atoms. The van der Waals surface area contributed by atoms with Gasteiger partial charge >= 0.3 is 0 Å². The predicted molar refractivity (Wildman–Crippen MR) is 79.4 cm³/mol. The Morgan fingerprint density at radius 3 is 2.71 bits per heavy atom. The number of benzene rings is 2. The fraction of sp³-hybridized carbons (Fsp3) is 0.294. The van der Waals surface area contributed by atoms with Crippen LogP contribution in [0.25, 0.3) is 11.1 Å². The summed E-state index contributed by atoms with van der Waals surface area (Å²) in [6, 6.07) is 9.44. The maximum absolute atomic E-state index is 13.9. The lowest BCUT2D eigenvalue weighted by atomic mass is 9.96. The van der Waals surface area contributed by atoms with Gasteiger partial charge in [-0.15, -0.1) is 0 Å². The van der Waals surface area contributed by atoms with Gasteiger partial charge in [-0.25, -0.2) is 8.78 Å². The highest BCUT2D eigenvalue weighted by Crippen LogP contribution is 2.32. The fourth-order valence-electron chi connectivity index (χ4n) is 2.92. The first-order valence-corrected chi connectivity index (χ1v) is 7.13. The first-order chi connectivity index (χ1) is 10.2. The second-order valence-electron chi connectivity index (χ2n) is 5.28. The van der Waals surface area contributed by atoms with Crippen molar-refractivity contribution in [3.05, 3.63) is 53.6 Å². The lowest BCUT2D eigenvalue weighted by Gasteiger charge is -2.31. The van der Waals surface area contributed by atoms with E-state index in [0.29, 0.717) is 12.1 Å². The third-order valence-electron chi connectivity index (χ3n) is 3.91. The Balaban J connectivity index is 1.99. The van der Waals surface area contributed by atoms with Crippen LogP contribution in [0.4, 0.5) is 14.5 Å². The number of anilines is 1. The molecule has 2 aromatic carbocycles. The monoisotopic (exact) mass is 289 g/mol. The van der Waals surface area contributed by atoms with Crippen LogP contribution in [0.1, 0.15) is 12.0 Å². The molecule has 1 aliphatic rings. The zero-order valence-electron chi connectivity index (χ0n) is 11.6. The average molecular weight is 289 g/mol. The van der Waals surface area contributed by atoms with Crippen LogP contribution in [0.3, 0.4) is 0 Å². The minimum atomic E-state index is -0.566. The average Bonchev–Trinajstić information content (AvgIpc) is 2.47. The van der Waals surface area contributed by atoms with Crippen LogP contribution in [-0.2, 0) is 6.42 Å². The number of rotatable bonds is 3. The molecule has 110 valence electrons. The molecule has 1 aliphatic heterocycles. The van der Waals surface area contributed by atoms with Gasteiger partial charge in [0.2, 0.25) is 0 Å². The third-order valence-corrected chi connectivity index (χ3v) is 3.91. The zero-order valence-corrected chi connectivity index (χ0v) is 11.6. The molecule has 4 heteroatoms. The molecule has 0 bridgehead atoms. The second kappa shape index (κ2) is 5.82. The molecule has 0 amide bonds. The van der Waals surface area contributed by atoms with Crippen molar-refractivity contribution in [3.8, 4) is 11.1 Å². The van der Waals surface area contributed by atoms with E-state index in [1.165, 1.54) is 12.1 Å². The van der Waals surface area contributed by atoms with Crippen LogP contribution >= 0.6 is 0 Å². The Hall–Kier alpha value is -1.94. The summed E-state index contributed by atoms with van der Waals surface area (Å²) in [7, 11) is 0. The summed E-state index contributed by atoms with van der Waals surface area (Å²) in [4.78, 5) is 2.14. The molecule has 0 saturated heterocycles. The van der Waals surface area contributed by atoms with Gasteiger partial charge in [0, 0.05) is 30.4 Å². The predicted octanol–water partition coefficient (Wildman–Crippen LogP) is 3.38. The highest BCUT2D eigenvalue weighted by molar-refractivity contribution is 5.70. The molecule has 0 unspecified atom stereocenters. The molecular weight excluding hydrogens is 272 g/mol. The van der Waals surface area contributed by atoms with E-state index in [9.17, 15) is 8.78 Å². The minimum Gasteiger partial charge on any atom is -0.395 e. The zero-order chi connectivity index (χ0) is 14.8. The summed E-state index contributed by atoms with van der Waals surface area (Å²) >= 11 is 0. The quantitative estimate of drug-likeness (QED) is 0.936. The lowest BCUT2D eigenvalue weighted by molar-refractivity contribution is 0.301. The van der Waals surface area contributed by atoms with Crippen LogP contribution < -0.4 is 4.90 Å². The van der Waals surface area contributed by atoms with Gasteiger partial charge in [0.1, 0.15) is 11.6 Å². The lowest BCUT2D eigenvalue weighted by Crippen LogP contribution is -2.31. The first kappa shape index (κ1) is 14.0. The van der Waals surface area contributed by atoms with Crippen LogP contribution in [0.15, 0.2) is 36.4 Å². The number of β-amino-alcohol motifs (C(OH)–C–C–N with tert-alkyl or cyclic N) is 1. The number of aliphatic hydroxyl groups is 1. The van der Waals surface area contributed by atoms with Crippen molar-refractivity contribution in [2.45, 2.75) is 12.8 Å². The molecule has 0 spiro atoms. The number of nitrogens with zero attached hydrogens (tertiary/aromatic N) is 1. The molecule has 1 heterocycles. The fourth-order valence-corrected chi connectivity index (χ4v) is 2.92. The van der Waals surface area contributed by atoms with E-state index < -0.39 is 11.6 Å². The molecule has 2 nitrogen and oxygen atoms in total. The molecule has 0 saturated carbocycles. The van der Waals surface area contributed by atoms with E-state index in [0.717, 1.165) is 42.3 Å². The molecule has 0 fully saturated rings. The van der Waals surface area contributed by atoms with E-state index in [1.807, 2.05) is 18.2 Å². The van der Waals surface area contributed by atoms with Crippen molar-refractivity contribution in [3.63, 3.8) is 0 Å². The largest absolute Gasteiger partial charge is 0.395 e. The summed E-state index contributed by atoms with van der Waals surface area (Å²) in [6.45, 7) is 1.66. The summed E-state index contributed by atoms with van der Waals surface area (Å²) in [6.07, 6.45) is 1.95. The van der Waals surface area contributed by atoms with Gasteiger partial charge in [-0.1, -0.05) is 6.07 Å². The van der Waals surface area contributed by atoms with E-state index >= 15 is 0 Å². The van der Waals surface area contributed by atoms with Crippen LogP contribution in [0, 0.1) is 11.6 Å². The number of hydrogen-bond acceptors (Lipinski definition) is 2. The SMILES string of the molecule is OCCN1CCCc2cc(-c3ccc(F)cc3F)ccc21. The standard InChI is InChI=1S/C17H17F2NO/c18-14-4-5-15(16(19)11-14)12-3-6-17-13(10-12)2-1-7-20(17)8-9-21/h3-6,10-11,21H,1-2,7-9H2. The molecule has 0 atom stereocenters. The van der Waals surface area contributed by atoms with E-state index in [2.05, 4.69) is 4.90 Å². The third kappa shape index (κ3) is 2.76. The number of hydrogen-bond donors (Lipinski definition) is 1. The van der Waals surface area contributed by atoms with E-state index in [4.69, 9.17) is 5.11 Å². The summed E-state index contributed by atoms with van der Waals surface area (Å²) < 4.78 is 26.9. The number of fused-ring (bicyclic) bond motifs is 1. The Morgan fingerprint density at radius 2 is 1.95 bits per heavy atom. The van der Waals surface area contributed by atoms with Gasteiger partial charge in [-0.2, -0.15) is 0 Å². The molecule has 2 aromatic rings. The van der Waals surface area contributed by atoms with Crippen LogP contribution in [-0.4, -0.2) is 24.8 Å². The smallest absolute Gasteiger partial charge is 0.133 e. The molecule has 1 N–H and O–H groups in total. The van der Waals surface area contributed by atoms with E-state index in [-0.39, 0.29) is 6.61 Å². The van der Waals surface area contributed by atoms with Crippen molar-refractivity contribution >= 4 is 5.69 Å². The Labute approximate surface area is 122 Å². The second-order valence-corrected chi connectivity index (χ2v) is 5.28. The van der Waals surface area contributed by atoms with Crippen molar-refractivity contribution in [1.82, 2.24) is 0 Å². The molecule has 0 radical (unpaired) electrons. The number of aliphatic hydroxyl groups excluding tert-OH is 1. The molecule has 0 aliphatic carbocycles. The van der Waals surface area contributed by atoms with Crippen molar-refractivity contribution in [2.24, 2.45) is 0 Å². The van der Waals surface area contributed by atoms with Crippen LogP contribution in [0.2, 0.25) is 0 Å². The van der Waals surface area contributed by atoms with Gasteiger partial charge in [0.05, 0.1) is 6.61 Å². The summed E-state index contributed by atoms with van der Waals surface area (Å²) in [5.41, 5.74) is 3.42. The minimum absolute atomic E-state index is 0.119. The molecular formula is C17H17F2NO. The van der Waals surface area contributed by atoms with Gasteiger partial charge < -0.3 is 10.0 Å². The highest BCUT2D eigenvalue weighted by atomic mass is 19.1. The van der Waals surface area contributed by atoms with Crippen molar-refractivity contribution in [2.75, 3.05) is 24.6 Å². The topological polar surface area (TPSA) is 23.5 Å². The Morgan fingerprint density at radius 1 is 1.10 bits per heavy atom. The van der Waals surface area contributed by atoms with Gasteiger partial charge in [-0.3, -0.25) is 0 Å². The normalized spacial score (nSPS) is 14.1.